The van der Waals surface area contributed by atoms with Crippen LogP contribution in [-0.4, -0.2) is 0 Å². The van der Waals surface area contributed by atoms with Crippen LogP contribution < -0.4 is 0 Å². The quantitative estimate of drug-likeness (QED) is 0.517. The Morgan fingerprint density at radius 3 is 3.00 bits per heavy atom. The highest BCUT2D eigenvalue weighted by Gasteiger charge is 2.53. The predicted molar refractivity (Wildman–Crippen MR) is 50.7 cm³/mol. The minimum absolute atomic E-state index is 0.394. The number of fused-ring (bicyclic) bond motifs is 5. The van der Waals surface area contributed by atoms with E-state index in [9.17, 15) is 0 Å². The number of allylic oxidation sites excluding steroid dienone is 2. The number of hydrogen-bond donors (Lipinski definition) is 0. The molecule has 3 aliphatic rings. The van der Waals surface area contributed by atoms with E-state index in [-0.39, 0.29) is 0 Å². The summed E-state index contributed by atoms with van der Waals surface area (Å²) in [6.45, 7) is 2.25. The predicted octanol–water partition coefficient (Wildman–Crippen LogP) is 2.75. The summed E-state index contributed by atoms with van der Waals surface area (Å²) in [5.41, 5.74) is 1.57. The maximum Gasteiger partial charge on any atom is 0.0658 e. The third-order valence-corrected chi connectivity index (χ3v) is 4.44. The largest absolute Gasteiger partial charge is 0.198 e. The maximum absolute atomic E-state index is 9.01. The molecule has 2 bridgehead atoms. The van der Waals surface area contributed by atoms with Gasteiger partial charge in [-0.1, -0.05) is 11.6 Å². The molecule has 5 atom stereocenters. The molecule has 1 heteroatoms. The Morgan fingerprint density at radius 1 is 1.38 bits per heavy atom. The van der Waals surface area contributed by atoms with Gasteiger partial charge in [0, 0.05) is 5.92 Å². The molecular formula is C12H15N. The Bertz CT molecular complexity index is 310. The summed E-state index contributed by atoms with van der Waals surface area (Å²) in [5.74, 6) is 3.70. The van der Waals surface area contributed by atoms with E-state index in [1.54, 1.807) is 5.57 Å². The van der Waals surface area contributed by atoms with E-state index in [1.165, 1.54) is 19.3 Å². The number of hydrogen-bond acceptors (Lipinski definition) is 1. The van der Waals surface area contributed by atoms with Gasteiger partial charge in [0.25, 0.3) is 0 Å². The molecule has 5 unspecified atom stereocenters. The first-order valence-electron chi connectivity index (χ1n) is 5.36. The molecular weight excluding hydrogens is 158 g/mol. The van der Waals surface area contributed by atoms with E-state index in [1.807, 2.05) is 0 Å². The van der Waals surface area contributed by atoms with Crippen molar-refractivity contribution in [2.24, 2.45) is 29.6 Å². The number of rotatable bonds is 0. The van der Waals surface area contributed by atoms with Crippen LogP contribution in [0, 0.1) is 40.9 Å². The van der Waals surface area contributed by atoms with Gasteiger partial charge in [-0.15, -0.1) is 0 Å². The molecule has 3 rings (SSSR count). The molecule has 0 N–H and O–H groups in total. The average molecular weight is 173 g/mol. The van der Waals surface area contributed by atoms with Crippen LogP contribution in [0.4, 0.5) is 0 Å². The highest BCUT2D eigenvalue weighted by atomic mass is 14.6. The minimum atomic E-state index is 0.394. The highest BCUT2D eigenvalue weighted by molar-refractivity contribution is 5.21. The van der Waals surface area contributed by atoms with Gasteiger partial charge in [-0.05, 0) is 49.9 Å². The third-order valence-electron chi connectivity index (χ3n) is 4.44. The molecule has 3 aliphatic carbocycles. The lowest BCUT2D eigenvalue weighted by atomic mass is 9.76. The zero-order chi connectivity index (χ0) is 9.00. The standard InChI is InChI=1S/C12H15N/c1-7-2-10-8-4-9(6-13)11(5-8)12(10)3-7/h2,8-12H,3-5H2,1H3. The number of nitriles is 1. The second-order valence-electron chi connectivity index (χ2n) is 5.09. The van der Waals surface area contributed by atoms with Crippen molar-refractivity contribution < 1.29 is 0 Å². The first kappa shape index (κ1) is 7.62. The van der Waals surface area contributed by atoms with Crippen molar-refractivity contribution in [2.75, 3.05) is 0 Å². The molecule has 0 spiro atoms. The maximum atomic E-state index is 9.01. The van der Waals surface area contributed by atoms with Crippen LogP contribution in [0.5, 0.6) is 0 Å². The molecule has 2 saturated carbocycles. The lowest BCUT2D eigenvalue weighted by molar-refractivity contribution is 0.241. The van der Waals surface area contributed by atoms with E-state index in [0.717, 1.165) is 23.7 Å². The molecule has 1 nitrogen and oxygen atoms in total. The van der Waals surface area contributed by atoms with Crippen LogP contribution in [-0.2, 0) is 0 Å². The van der Waals surface area contributed by atoms with E-state index >= 15 is 0 Å². The van der Waals surface area contributed by atoms with Crippen molar-refractivity contribution in [2.45, 2.75) is 26.2 Å². The van der Waals surface area contributed by atoms with Crippen molar-refractivity contribution in [1.29, 1.82) is 5.26 Å². The van der Waals surface area contributed by atoms with Crippen LogP contribution >= 0.6 is 0 Å². The second kappa shape index (κ2) is 2.38. The summed E-state index contributed by atoms with van der Waals surface area (Å²) in [5, 5.41) is 9.01. The van der Waals surface area contributed by atoms with Gasteiger partial charge in [0.15, 0.2) is 0 Å². The van der Waals surface area contributed by atoms with Crippen molar-refractivity contribution in [3.05, 3.63) is 11.6 Å². The normalized spacial score (nSPS) is 51.7. The van der Waals surface area contributed by atoms with Gasteiger partial charge >= 0.3 is 0 Å². The molecule has 0 aromatic heterocycles. The van der Waals surface area contributed by atoms with Crippen LogP contribution in [0.2, 0.25) is 0 Å². The lowest BCUT2D eigenvalue weighted by Gasteiger charge is -2.27. The summed E-state index contributed by atoms with van der Waals surface area (Å²) in [6.07, 6.45) is 6.30. The molecule has 0 aromatic carbocycles. The van der Waals surface area contributed by atoms with Crippen LogP contribution in [0.15, 0.2) is 11.6 Å². The molecule has 68 valence electrons. The molecule has 0 aromatic rings. The van der Waals surface area contributed by atoms with Crippen LogP contribution in [0.3, 0.4) is 0 Å². The molecule has 0 saturated heterocycles. The Balaban J connectivity index is 1.90. The van der Waals surface area contributed by atoms with Crippen molar-refractivity contribution in [1.82, 2.24) is 0 Å². The van der Waals surface area contributed by atoms with Gasteiger partial charge in [0.05, 0.1) is 6.07 Å². The molecule has 2 fully saturated rings. The van der Waals surface area contributed by atoms with Crippen molar-refractivity contribution >= 4 is 0 Å². The van der Waals surface area contributed by atoms with E-state index in [4.69, 9.17) is 5.26 Å². The van der Waals surface area contributed by atoms with Crippen LogP contribution in [0.25, 0.3) is 0 Å². The highest BCUT2D eigenvalue weighted by Crippen LogP contribution is 2.59. The monoisotopic (exact) mass is 173 g/mol. The first-order valence-corrected chi connectivity index (χ1v) is 5.36. The SMILES string of the molecule is CC1=CC2C3CC(C#N)C(C3)C2C1. The fourth-order valence-corrected chi connectivity index (χ4v) is 4.00. The number of nitrogens with zero attached hydrogens (tertiary/aromatic N) is 1. The van der Waals surface area contributed by atoms with Gasteiger partial charge in [-0.3, -0.25) is 0 Å². The first-order chi connectivity index (χ1) is 6.29. The summed E-state index contributed by atoms with van der Waals surface area (Å²) in [6, 6.07) is 2.50. The zero-order valence-electron chi connectivity index (χ0n) is 8.03. The summed E-state index contributed by atoms with van der Waals surface area (Å²) in [4.78, 5) is 0. The fraction of sp³-hybridized carbons (Fsp3) is 0.750. The molecule has 0 aliphatic heterocycles. The molecule has 0 amide bonds. The lowest BCUT2D eigenvalue weighted by Crippen LogP contribution is -2.23. The van der Waals surface area contributed by atoms with Crippen LogP contribution in [0.1, 0.15) is 26.2 Å². The smallest absolute Gasteiger partial charge is 0.0658 e. The molecule has 0 heterocycles. The van der Waals surface area contributed by atoms with Gasteiger partial charge in [-0.25, -0.2) is 0 Å². The minimum Gasteiger partial charge on any atom is -0.198 e. The Labute approximate surface area is 79.4 Å². The summed E-state index contributed by atoms with van der Waals surface area (Å²) < 4.78 is 0. The van der Waals surface area contributed by atoms with Gasteiger partial charge in [0.2, 0.25) is 0 Å². The fourth-order valence-electron chi connectivity index (χ4n) is 4.00. The van der Waals surface area contributed by atoms with Gasteiger partial charge in [-0.2, -0.15) is 5.26 Å². The second-order valence-corrected chi connectivity index (χ2v) is 5.09. The third kappa shape index (κ3) is 0.866. The summed E-state index contributed by atoms with van der Waals surface area (Å²) >= 11 is 0. The van der Waals surface area contributed by atoms with E-state index in [2.05, 4.69) is 19.1 Å². The van der Waals surface area contributed by atoms with Crippen molar-refractivity contribution in [3.8, 4) is 6.07 Å². The van der Waals surface area contributed by atoms with E-state index < -0.39 is 0 Å². The molecule has 0 radical (unpaired) electrons. The summed E-state index contributed by atoms with van der Waals surface area (Å²) in [7, 11) is 0. The zero-order valence-corrected chi connectivity index (χ0v) is 8.03. The topological polar surface area (TPSA) is 23.8 Å². The van der Waals surface area contributed by atoms with Crippen molar-refractivity contribution in [3.63, 3.8) is 0 Å². The average Bonchev–Trinajstić information content (AvgIpc) is 2.71. The van der Waals surface area contributed by atoms with E-state index in [0.29, 0.717) is 5.92 Å². The Morgan fingerprint density at radius 2 is 2.23 bits per heavy atom. The van der Waals surface area contributed by atoms with Gasteiger partial charge < -0.3 is 0 Å². The Kier molecular flexibility index (Phi) is 1.39. The Hall–Kier alpha value is -0.770. The van der Waals surface area contributed by atoms with Gasteiger partial charge in [0.1, 0.15) is 0 Å². The molecule has 13 heavy (non-hydrogen) atoms.